The van der Waals surface area contributed by atoms with E-state index >= 15 is 0 Å². The van der Waals surface area contributed by atoms with Crippen molar-refractivity contribution in [1.82, 2.24) is 25.1 Å². The molecule has 7 nitrogen and oxygen atoms in total. The zero-order chi connectivity index (χ0) is 20.4. The average molecular weight is 395 g/mol. The van der Waals surface area contributed by atoms with E-state index in [1.54, 1.807) is 31.2 Å². The number of benzene rings is 1. The number of carbonyl (C=O) groups is 1. The molecule has 3 aromatic rings. The van der Waals surface area contributed by atoms with Crippen molar-refractivity contribution in [3.05, 3.63) is 76.4 Å². The summed E-state index contributed by atoms with van der Waals surface area (Å²) in [4.78, 5) is 15.6. The monoisotopic (exact) mass is 395 g/mol. The van der Waals surface area contributed by atoms with Crippen molar-refractivity contribution in [1.29, 1.82) is 0 Å². The van der Waals surface area contributed by atoms with Crippen molar-refractivity contribution in [3.63, 3.8) is 0 Å². The fourth-order valence-corrected chi connectivity index (χ4v) is 3.32. The molecule has 0 bridgehead atoms. The van der Waals surface area contributed by atoms with Crippen LogP contribution in [0.1, 0.15) is 57.7 Å². The third-order valence-electron chi connectivity index (χ3n) is 4.90. The molecule has 0 aliphatic heterocycles. The summed E-state index contributed by atoms with van der Waals surface area (Å²) in [6.07, 6.45) is 2.22. The normalized spacial score (nSPS) is 13.6. The first kappa shape index (κ1) is 19.2. The van der Waals surface area contributed by atoms with Gasteiger partial charge in [-0.15, -0.1) is 10.2 Å². The van der Waals surface area contributed by atoms with Gasteiger partial charge in [0.2, 0.25) is 0 Å². The zero-order valence-electron chi connectivity index (χ0n) is 16.1. The van der Waals surface area contributed by atoms with Crippen molar-refractivity contribution >= 4 is 5.97 Å². The Morgan fingerprint density at radius 2 is 1.97 bits per heavy atom. The van der Waals surface area contributed by atoms with E-state index < -0.39 is 5.97 Å². The third kappa shape index (κ3) is 4.65. The Morgan fingerprint density at radius 1 is 1.21 bits per heavy atom. The zero-order valence-corrected chi connectivity index (χ0v) is 16.1. The molecule has 1 aliphatic rings. The number of aryl methyl sites for hydroxylation is 1. The topological polar surface area (TPSA) is 92.9 Å². The van der Waals surface area contributed by atoms with E-state index in [9.17, 15) is 14.3 Å². The molecule has 29 heavy (non-hydrogen) atoms. The minimum Gasteiger partial charge on any atom is -0.478 e. The van der Waals surface area contributed by atoms with Crippen molar-refractivity contribution < 1.29 is 14.3 Å². The molecule has 1 aromatic carbocycles. The predicted molar refractivity (Wildman–Crippen MR) is 104 cm³/mol. The number of halogens is 1. The van der Waals surface area contributed by atoms with E-state index in [0.29, 0.717) is 36.9 Å². The Hall–Kier alpha value is -3.13. The fraction of sp³-hybridized carbons (Fsp3) is 0.333. The first-order valence-corrected chi connectivity index (χ1v) is 9.57. The lowest BCUT2D eigenvalue weighted by atomic mass is 10.2. The van der Waals surface area contributed by atoms with Crippen LogP contribution in [0, 0.1) is 12.7 Å². The second-order valence-corrected chi connectivity index (χ2v) is 7.36. The highest BCUT2D eigenvalue weighted by Crippen LogP contribution is 2.39. The van der Waals surface area contributed by atoms with E-state index in [0.717, 1.165) is 30.1 Å². The number of aromatic carboxylic acids is 1. The Balaban J connectivity index is 1.47. The molecular formula is C21H22FN5O2. The lowest BCUT2D eigenvalue weighted by Gasteiger charge is -2.11. The van der Waals surface area contributed by atoms with Crippen LogP contribution >= 0.6 is 0 Å². The fourth-order valence-electron chi connectivity index (χ4n) is 3.32. The molecule has 0 spiro atoms. The van der Waals surface area contributed by atoms with Crippen LogP contribution in [0.3, 0.4) is 0 Å². The van der Waals surface area contributed by atoms with Crippen LogP contribution in [0.15, 0.2) is 36.4 Å². The summed E-state index contributed by atoms with van der Waals surface area (Å²) < 4.78 is 15.3. The summed E-state index contributed by atoms with van der Waals surface area (Å²) in [5, 5.41) is 21.2. The quantitative estimate of drug-likeness (QED) is 0.609. The highest BCUT2D eigenvalue weighted by atomic mass is 19.1. The molecule has 0 unspecified atom stereocenters. The van der Waals surface area contributed by atoms with E-state index in [2.05, 4.69) is 25.1 Å². The van der Waals surface area contributed by atoms with Gasteiger partial charge in [0.25, 0.3) is 0 Å². The number of carboxylic acid groups (broad SMARTS) is 1. The molecule has 150 valence electrons. The van der Waals surface area contributed by atoms with E-state index in [4.69, 9.17) is 0 Å². The van der Waals surface area contributed by atoms with Crippen LogP contribution in [0.25, 0.3) is 0 Å². The van der Waals surface area contributed by atoms with Crippen LogP contribution in [0.4, 0.5) is 4.39 Å². The van der Waals surface area contributed by atoms with Crippen molar-refractivity contribution in [2.24, 2.45) is 0 Å². The molecule has 2 heterocycles. The highest BCUT2D eigenvalue weighted by Gasteiger charge is 2.30. The number of nitrogens with one attached hydrogen (secondary N) is 1. The highest BCUT2D eigenvalue weighted by molar-refractivity contribution is 5.87. The van der Waals surface area contributed by atoms with E-state index in [1.807, 2.05) is 0 Å². The molecule has 1 fully saturated rings. The second kappa shape index (κ2) is 8.08. The number of rotatable bonds is 8. The lowest BCUT2D eigenvalue weighted by molar-refractivity contribution is 0.0696. The number of aromatic nitrogens is 4. The smallest absolute Gasteiger partial charge is 0.335 e. The van der Waals surface area contributed by atoms with Crippen LogP contribution in [-0.4, -0.2) is 30.8 Å². The summed E-state index contributed by atoms with van der Waals surface area (Å²) >= 11 is 0. The molecular weight excluding hydrogens is 373 g/mol. The SMILES string of the molecule is Cc1cc(C(=O)O)cc(CNCc2nnc(C3CC3)n2Cc2ccc(F)cc2)n1. The third-order valence-corrected chi connectivity index (χ3v) is 4.90. The standard InChI is InChI=1S/C21H22FN5O2/c1-13-8-16(21(28)29)9-18(24-13)10-23-11-19-25-26-20(15-4-5-15)27(19)12-14-2-6-17(22)7-3-14/h2-3,6-9,15,23H,4-5,10-12H2,1H3,(H,28,29). The number of pyridine rings is 1. The summed E-state index contributed by atoms with van der Waals surface area (Å²) in [7, 11) is 0. The second-order valence-electron chi connectivity index (χ2n) is 7.36. The average Bonchev–Trinajstić information content (AvgIpc) is 3.46. The summed E-state index contributed by atoms with van der Waals surface area (Å²) in [6.45, 7) is 3.25. The lowest BCUT2D eigenvalue weighted by Crippen LogP contribution is -2.19. The maximum absolute atomic E-state index is 13.2. The van der Waals surface area contributed by atoms with Gasteiger partial charge in [0.15, 0.2) is 0 Å². The molecule has 0 amide bonds. The molecule has 1 aliphatic carbocycles. The summed E-state index contributed by atoms with van der Waals surface area (Å²) in [6, 6.07) is 9.57. The number of hydrogen-bond acceptors (Lipinski definition) is 5. The predicted octanol–water partition coefficient (Wildman–Crippen LogP) is 3.03. The van der Waals surface area contributed by atoms with Gasteiger partial charge in [0.1, 0.15) is 17.5 Å². The Kier molecular flexibility index (Phi) is 5.35. The number of carboxylic acids is 1. The summed E-state index contributed by atoms with van der Waals surface area (Å²) in [5.74, 6) is 0.974. The molecule has 0 radical (unpaired) electrons. The molecule has 2 N–H and O–H groups in total. The minimum atomic E-state index is -0.968. The minimum absolute atomic E-state index is 0.227. The molecule has 8 heteroatoms. The van der Waals surface area contributed by atoms with Gasteiger partial charge in [-0.3, -0.25) is 4.98 Å². The van der Waals surface area contributed by atoms with Gasteiger partial charge in [-0.1, -0.05) is 12.1 Å². The number of hydrogen-bond donors (Lipinski definition) is 2. The van der Waals surface area contributed by atoms with Gasteiger partial charge in [-0.25, -0.2) is 9.18 Å². The molecule has 0 saturated heterocycles. The van der Waals surface area contributed by atoms with Gasteiger partial charge in [-0.2, -0.15) is 0 Å². The van der Waals surface area contributed by atoms with E-state index in [-0.39, 0.29) is 11.4 Å². The van der Waals surface area contributed by atoms with Gasteiger partial charge < -0.3 is 15.0 Å². The largest absolute Gasteiger partial charge is 0.478 e. The molecule has 4 rings (SSSR count). The van der Waals surface area contributed by atoms with Crippen molar-refractivity contribution in [2.45, 2.75) is 45.3 Å². The van der Waals surface area contributed by atoms with Crippen LogP contribution < -0.4 is 5.32 Å². The molecule has 2 aromatic heterocycles. The first-order chi connectivity index (χ1) is 14.0. The first-order valence-electron chi connectivity index (χ1n) is 9.57. The van der Waals surface area contributed by atoms with Gasteiger partial charge in [-0.05, 0) is 49.6 Å². The maximum atomic E-state index is 13.2. The van der Waals surface area contributed by atoms with Crippen LogP contribution in [0.5, 0.6) is 0 Å². The van der Waals surface area contributed by atoms with Crippen LogP contribution in [-0.2, 0) is 19.6 Å². The maximum Gasteiger partial charge on any atom is 0.335 e. The molecule has 0 atom stereocenters. The molecule has 1 saturated carbocycles. The Bertz CT molecular complexity index is 1030. The summed E-state index contributed by atoms with van der Waals surface area (Å²) in [5.41, 5.74) is 2.54. The van der Waals surface area contributed by atoms with Crippen molar-refractivity contribution in [2.75, 3.05) is 0 Å². The Morgan fingerprint density at radius 3 is 2.66 bits per heavy atom. The Labute approximate surface area is 167 Å². The number of nitrogens with zero attached hydrogens (tertiary/aromatic N) is 4. The van der Waals surface area contributed by atoms with Crippen LogP contribution in [0.2, 0.25) is 0 Å². The van der Waals surface area contributed by atoms with Gasteiger partial charge >= 0.3 is 5.97 Å². The van der Waals surface area contributed by atoms with Gasteiger partial charge in [0.05, 0.1) is 24.3 Å². The van der Waals surface area contributed by atoms with E-state index in [1.165, 1.54) is 12.1 Å². The van der Waals surface area contributed by atoms with Gasteiger partial charge in [0, 0.05) is 18.2 Å². The van der Waals surface area contributed by atoms with Crippen molar-refractivity contribution in [3.8, 4) is 0 Å².